The fourth-order valence-electron chi connectivity index (χ4n) is 2.20. The molecule has 4 heteroatoms. The van der Waals surface area contributed by atoms with Crippen molar-refractivity contribution in [3.05, 3.63) is 23.7 Å². The van der Waals surface area contributed by atoms with Crippen molar-refractivity contribution in [3.63, 3.8) is 0 Å². The maximum absolute atomic E-state index is 5.60. The van der Waals surface area contributed by atoms with Crippen LogP contribution in [0.2, 0.25) is 0 Å². The minimum absolute atomic E-state index is 0.494. The first-order valence-corrected chi connectivity index (χ1v) is 6.73. The van der Waals surface area contributed by atoms with Crippen LogP contribution in [0.5, 0.6) is 0 Å². The second kappa shape index (κ2) is 6.36. The van der Waals surface area contributed by atoms with E-state index in [1.807, 2.05) is 0 Å². The molecular weight excluding hydrogens is 228 g/mol. The van der Waals surface area contributed by atoms with Gasteiger partial charge in [0, 0.05) is 30.8 Å². The molecule has 1 aromatic rings. The van der Waals surface area contributed by atoms with Gasteiger partial charge < -0.3 is 14.5 Å². The summed E-state index contributed by atoms with van der Waals surface area (Å²) in [5, 5.41) is 3.43. The molecule has 1 aliphatic rings. The number of nitrogens with one attached hydrogen (secondary N) is 1. The Morgan fingerprint density at radius 2 is 2.33 bits per heavy atom. The van der Waals surface area contributed by atoms with E-state index in [-0.39, 0.29) is 0 Å². The van der Waals surface area contributed by atoms with Gasteiger partial charge in [-0.05, 0) is 19.5 Å². The largest absolute Gasteiger partial charge is 0.468 e. The molecule has 102 valence electrons. The predicted octanol–water partition coefficient (Wildman–Crippen LogP) is 2.00. The Morgan fingerprint density at radius 3 is 3.00 bits per heavy atom. The molecule has 1 fully saturated rings. The van der Waals surface area contributed by atoms with Crippen LogP contribution < -0.4 is 5.32 Å². The molecule has 0 bridgehead atoms. The number of likely N-dealkylation sites (N-methyl/N-ethyl adjacent to an activating group) is 1. The van der Waals surface area contributed by atoms with Crippen LogP contribution >= 0.6 is 0 Å². The molecule has 0 saturated carbocycles. The van der Waals surface area contributed by atoms with E-state index in [1.165, 1.54) is 5.56 Å². The van der Waals surface area contributed by atoms with E-state index in [0.29, 0.717) is 12.1 Å². The third-order valence-corrected chi connectivity index (χ3v) is 3.46. The normalized spacial score (nSPS) is 20.2. The van der Waals surface area contributed by atoms with Gasteiger partial charge in [-0.25, -0.2) is 0 Å². The molecule has 0 aliphatic carbocycles. The first kappa shape index (κ1) is 13.6. The minimum Gasteiger partial charge on any atom is -0.468 e. The van der Waals surface area contributed by atoms with Gasteiger partial charge in [0.05, 0.1) is 19.4 Å². The molecule has 18 heavy (non-hydrogen) atoms. The molecule has 1 saturated heterocycles. The second-order valence-corrected chi connectivity index (χ2v) is 5.34. The summed E-state index contributed by atoms with van der Waals surface area (Å²) in [7, 11) is 2.14. The third kappa shape index (κ3) is 3.57. The Morgan fingerprint density at radius 1 is 1.50 bits per heavy atom. The maximum atomic E-state index is 5.60. The molecular formula is C14H24N2O2. The molecule has 2 rings (SSSR count). The van der Waals surface area contributed by atoms with Gasteiger partial charge >= 0.3 is 0 Å². The van der Waals surface area contributed by atoms with Crippen LogP contribution in [-0.4, -0.2) is 37.2 Å². The Hall–Kier alpha value is -0.840. The van der Waals surface area contributed by atoms with E-state index in [1.54, 1.807) is 6.26 Å². The van der Waals surface area contributed by atoms with Gasteiger partial charge in [0.2, 0.25) is 0 Å². The van der Waals surface area contributed by atoms with Crippen LogP contribution in [0.3, 0.4) is 0 Å². The van der Waals surface area contributed by atoms with Crippen LogP contribution in [0, 0.1) is 0 Å². The molecule has 0 aromatic carbocycles. The monoisotopic (exact) mass is 252 g/mol. The Labute approximate surface area is 109 Å². The maximum Gasteiger partial charge on any atom is 0.122 e. The summed E-state index contributed by atoms with van der Waals surface area (Å²) in [5.41, 5.74) is 1.26. The van der Waals surface area contributed by atoms with Gasteiger partial charge in [0.15, 0.2) is 0 Å². The molecule has 4 nitrogen and oxygen atoms in total. The summed E-state index contributed by atoms with van der Waals surface area (Å²) in [4.78, 5) is 2.32. The van der Waals surface area contributed by atoms with Crippen molar-refractivity contribution in [1.29, 1.82) is 0 Å². The second-order valence-electron chi connectivity index (χ2n) is 5.34. The zero-order chi connectivity index (χ0) is 13.0. The molecule has 1 atom stereocenters. The molecule has 0 spiro atoms. The highest BCUT2D eigenvalue weighted by Crippen LogP contribution is 2.17. The van der Waals surface area contributed by atoms with Crippen molar-refractivity contribution in [3.8, 4) is 0 Å². The number of ether oxygens (including phenoxy) is 1. The minimum atomic E-state index is 0.494. The fourth-order valence-corrected chi connectivity index (χ4v) is 2.20. The summed E-state index contributed by atoms with van der Waals surface area (Å²) < 4.78 is 11.0. The number of hydrogen-bond acceptors (Lipinski definition) is 4. The van der Waals surface area contributed by atoms with Crippen molar-refractivity contribution in [2.24, 2.45) is 0 Å². The lowest BCUT2D eigenvalue weighted by molar-refractivity contribution is 0.151. The quantitative estimate of drug-likeness (QED) is 0.840. The van der Waals surface area contributed by atoms with Crippen molar-refractivity contribution in [2.75, 3.05) is 20.3 Å². The smallest absolute Gasteiger partial charge is 0.122 e. The lowest BCUT2D eigenvalue weighted by Crippen LogP contribution is -2.31. The van der Waals surface area contributed by atoms with Gasteiger partial charge in [-0.3, -0.25) is 4.90 Å². The van der Waals surface area contributed by atoms with E-state index in [0.717, 1.165) is 38.5 Å². The number of hydrogen-bond donors (Lipinski definition) is 1. The highest BCUT2D eigenvalue weighted by atomic mass is 16.5. The zero-order valence-corrected chi connectivity index (χ0v) is 11.6. The molecule has 1 unspecified atom stereocenters. The van der Waals surface area contributed by atoms with Crippen LogP contribution in [-0.2, 0) is 17.8 Å². The Kier molecular flexibility index (Phi) is 4.80. The highest BCUT2D eigenvalue weighted by Gasteiger charge is 2.21. The molecule has 0 radical (unpaired) electrons. The zero-order valence-electron chi connectivity index (χ0n) is 11.6. The number of furan rings is 1. The molecule has 0 amide bonds. The van der Waals surface area contributed by atoms with Gasteiger partial charge in [-0.2, -0.15) is 0 Å². The van der Waals surface area contributed by atoms with Crippen molar-refractivity contribution >= 4 is 0 Å². The average molecular weight is 252 g/mol. The third-order valence-electron chi connectivity index (χ3n) is 3.46. The molecule has 1 N–H and O–H groups in total. The lowest BCUT2D eigenvalue weighted by Gasteiger charge is -2.22. The standard InChI is InChI=1S/C14H24N2O2/c1-11(2)15-8-12-4-7-18-14(12)9-16(3)13-5-6-17-10-13/h4,7,11,13,15H,5-6,8-10H2,1-3H3. The van der Waals surface area contributed by atoms with Gasteiger partial charge in [0.25, 0.3) is 0 Å². The van der Waals surface area contributed by atoms with E-state index in [9.17, 15) is 0 Å². The van der Waals surface area contributed by atoms with Gasteiger partial charge in [-0.15, -0.1) is 0 Å². The van der Waals surface area contributed by atoms with Crippen LogP contribution in [0.4, 0.5) is 0 Å². The summed E-state index contributed by atoms with van der Waals surface area (Å²) in [6.07, 6.45) is 2.91. The van der Waals surface area contributed by atoms with Crippen LogP contribution in [0.1, 0.15) is 31.6 Å². The molecule has 1 aliphatic heterocycles. The first-order valence-electron chi connectivity index (χ1n) is 6.73. The van der Waals surface area contributed by atoms with Gasteiger partial charge in [-0.1, -0.05) is 13.8 Å². The summed E-state index contributed by atoms with van der Waals surface area (Å²) in [5.74, 6) is 1.07. The van der Waals surface area contributed by atoms with E-state index in [4.69, 9.17) is 9.15 Å². The summed E-state index contributed by atoms with van der Waals surface area (Å²) >= 11 is 0. The summed E-state index contributed by atoms with van der Waals surface area (Å²) in [6.45, 7) is 7.77. The van der Waals surface area contributed by atoms with E-state index >= 15 is 0 Å². The van der Waals surface area contributed by atoms with Crippen molar-refractivity contribution < 1.29 is 9.15 Å². The predicted molar refractivity (Wildman–Crippen MR) is 71.4 cm³/mol. The average Bonchev–Trinajstić information content (AvgIpc) is 2.97. The van der Waals surface area contributed by atoms with E-state index in [2.05, 4.69) is 37.2 Å². The van der Waals surface area contributed by atoms with Crippen LogP contribution in [0.25, 0.3) is 0 Å². The number of rotatable bonds is 6. The molecule has 2 heterocycles. The topological polar surface area (TPSA) is 37.6 Å². The summed E-state index contributed by atoms with van der Waals surface area (Å²) in [6, 6.07) is 3.08. The van der Waals surface area contributed by atoms with Crippen molar-refractivity contribution in [2.45, 2.75) is 45.4 Å². The Balaban J connectivity index is 1.90. The van der Waals surface area contributed by atoms with Crippen molar-refractivity contribution in [1.82, 2.24) is 10.2 Å². The first-order chi connectivity index (χ1) is 8.66. The Bertz CT molecular complexity index is 356. The molecule has 1 aromatic heterocycles. The highest BCUT2D eigenvalue weighted by molar-refractivity contribution is 5.17. The van der Waals surface area contributed by atoms with Gasteiger partial charge in [0.1, 0.15) is 5.76 Å². The number of nitrogens with zero attached hydrogens (tertiary/aromatic N) is 1. The fraction of sp³-hybridized carbons (Fsp3) is 0.714. The SMILES string of the molecule is CC(C)NCc1ccoc1CN(C)C1CCOC1. The lowest BCUT2D eigenvalue weighted by atomic mass is 10.2. The van der Waals surface area contributed by atoms with Crippen LogP contribution in [0.15, 0.2) is 16.7 Å². The van der Waals surface area contributed by atoms with E-state index < -0.39 is 0 Å².